The van der Waals surface area contributed by atoms with Gasteiger partial charge in [0.2, 0.25) is 0 Å². The molecular weight excluding hydrogens is 312 g/mol. The Bertz CT molecular complexity index is 765. The van der Waals surface area contributed by atoms with Gasteiger partial charge in [0.05, 0.1) is 12.0 Å². The Morgan fingerprint density at radius 1 is 1.04 bits per heavy atom. The molecule has 0 radical (unpaired) electrons. The summed E-state index contributed by atoms with van der Waals surface area (Å²) >= 11 is 0. The number of carbonyl (C=O) groups excluding carboxylic acids is 1. The number of hydrogen-bond donors (Lipinski definition) is 0. The summed E-state index contributed by atoms with van der Waals surface area (Å²) in [4.78, 5) is 12.1. The van der Waals surface area contributed by atoms with Crippen LogP contribution >= 0.6 is 0 Å². The maximum absolute atomic E-state index is 12.6. The van der Waals surface area contributed by atoms with Gasteiger partial charge in [-0.3, -0.25) is 4.79 Å². The molecular formula is C18H18O4S. The lowest BCUT2D eigenvalue weighted by molar-refractivity contribution is -0.140. The Morgan fingerprint density at radius 2 is 1.61 bits per heavy atom. The van der Waals surface area contributed by atoms with Crippen LogP contribution in [0.1, 0.15) is 12.0 Å². The van der Waals surface area contributed by atoms with E-state index in [1.54, 1.807) is 30.4 Å². The van der Waals surface area contributed by atoms with E-state index in [2.05, 4.69) is 4.74 Å². The van der Waals surface area contributed by atoms with Crippen molar-refractivity contribution >= 4 is 21.9 Å². The summed E-state index contributed by atoms with van der Waals surface area (Å²) in [6.45, 7) is 0. The number of methoxy groups -OCH3 is 1. The average Bonchev–Trinajstić information content (AvgIpc) is 2.59. The van der Waals surface area contributed by atoms with E-state index < -0.39 is 21.1 Å². The van der Waals surface area contributed by atoms with Crippen molar-refractivity contribution in [3.63, 3.8) is 0 Å². The third kappa shape index (κ3) is 4.29. The zero-order chi connectivity index (χ0) is 16.7. The molecule has 0 bridgehead atoms. The van der Waals surface area contributed by atoms with Crippen LogP contribution < -0.4 is 0 Å². The van der Waals surface area contributed by atoms with Gasteiger partial charge < -0.3 is 4.74 Å². The molecule has 4 nitrogen and oxygen atoms in total. The van der Waals surface area contributed by atoms with Crippen LogP contribution in [0, 0.1) is 0 Å². The van der Waals surface area contributed by atoms with Gasteiger partial charge in [-0.15, -0.1) is 0 Å². The molecule has 0 heterocycles. The van der Waals surface area contributed by atoms with Gasteiger partial charge in [-0.25, -0.2) is 8.42 Å². The number of carbonyl (C=O) groups is 1. The fourth-order valence-electron chi connectivity index (χ4n) is 2.15. The second-order valence-electron chi connectivity index (χ2n) is 4.92. The van der Waals surface area contributed by atoms with Gasteiger partial charge in [-0.05, 0) is 24.1 Å². The van der Waals surface area contributed by atoms with E-state index in [1.165, 1.54) is 19.2 Å². The molecule has 0 aliphatic carbocycles. The number of hydrogen-bond acceptors (Lipinski definition) is 4. The molecule has 0 saturated heterocycles. The van der Waals surface area contributed by atoms with Crippen molar-refractivity contribution in [1.29, 1.82) is 0 Å². The molecule has 0 aliphatic heterocycles. The largest absolute Gasteiger partial charge is 0.468 e. The van der Waals surface area contributed by atoms with Gasteiger partial charge in [0.25, 0.3) is 0 Å². The van der Waals surface area contributed by atoms with E-state index in [0.29, 0.717) is 0 Å². The number of rotatable bonds is 6. The molecule has 0 saturated carbocycles. The van der Waals surface area contributed by atoms with E-state index in [0.717, 1.165) is 5.56 Å². The van der Waals surface area contributed by atoms with Crippen LogP contribution in [0.15, 0.2) is 71.6 Å². The topological polar surface area (TPSA) is 60.4 Å². The monoisotopic (exact) mass is 330 g/mol. The normalized spacial score (nSPS) is 12.9. The lowest BCUT2D eigenvalue weighted by Crippen LogP contribution is -2.31. The van der Waals surface area contributed by atoms with Crippen molar-refractivity contribution in [3.8, 4) is 0 Å². The predicted octanol–water partition coefficient (Wildman–Crippen LogP) is 3.11. The fraction of sp³-hybridized carbons (Fsp3) is 0.167. The number of allylic oxidation sites excluding steroid dienone is 1. The zero-order valence-electron chi connectivity index (χ0n) is 12.8. The Labute approximate surface area is 136 Å². The minimum absolute atomic E-state index is 0.0544. The lowest BCUT2D eigenvalue weighted by Gasteiger charge is -2.14. The predicted molar refractivity (Wildman–Crippen MR) is 89.5 cm³/mol. The Morgan fingerprint density at radius 3 is 2.17 bits per heavy atom. The molecule has 0 fully saturated rings. The zero-order valence-corrected chi connectivity index (χ0v) is 13.6. The summed E-state index contributed by atoms with van der Waals surface area (Å²) in [5.74, 6) is -0.758. The molecule has 1 atom stereocenters. The smallest absolute Gasteiger partial charge is 0.324 e. The Hall–Kier alpha value is -2.40. The van der Waals surface area contributed by atoms with Crippen molar-refractivity contribution in [2.45, 2.75) is 16.6 Å². The molecule has 0 spiro atoms. The van der Waals surface area contributed by atoms with E-state index in [9.17, 15) is 13.2 Å². The van der Waals surface area contributed by atoms with Crippen molar-refractivity contribution in [2.75, 3.05) is 7.11 Å². The minimum Gasteiger partial charge on any atom is -0.468 e. The van der Waals surface area contributed by atoms with E-state index in [-0.39, 0.29) is 11.3 Å². The van der Waals surface area contributed by atoms with Crippen molar-refractivity contribution in [2.24, 2.45) is 0 Å². The van der Waals surface area contributed by atoms with Crippen LogP contribution in [0.4, 0.5) is 0 Å². The molecule has 120 valence electrons. The van der Waals surface area contributed by atoms with Crippen LogP contribution in [0.3, 0.4) is 0 Å². The van der Waals surface area contributed by atoms with Gasteiger partial charge in [-0.1, -0.05) is 60.7 Å². The first-order chi connectivity index (χ1) is 11.1. The van der Waals surface area contributed by atoms with Gasteiger partial charge in [0, 0.05) is 0 Å². The number of benzene rings is 2. The lowest BCUT2D eigenvalue weighted by atomic mass is 10.2. The van der Waals surface area contributed by atoms with Crippen LogP contribution in [0.25, 0.3) is 6.08 Å². The Balaban J connectivity index is 2.24. The van der Waals surface area contributed by atoms with Crippen molar-refractivity contribution < 1.29 is 17.9 Å². The third-order valence-corrected chi connectivity index (χ3v) is 5.43. The maximum Gasteiger partial charge on any atom is 0.324 e. The van der Waals surface area contributed by atoms with Gasteiger partial charge >= 0.3 is 5.97 Å². The number of ether oxygens (including phenoxy) is 1. The first kappa shape index (κ1) is 17.0. The molecule has 1 unspecified atom stereocenters. The first-order valence-electron chi connectivity index (χ1n) is 7.14. The number of esters is 1. The fourth-order valence-corrected chi connectivity index (χ4v) is 3.73. The summed E-state index contributed by atoms with van der Waals surface area (Å²) < 4.78 is 30.0. The van der Waals surface area contributed by atoms with E-state index >= 15 is 0 Å². The summed E-state index contributed by atoms with van der Waals surface area (Å²) in [6, 6.07) is 17.4. The minimum atomic E-state index is -3.79. The van der Waals surface area contributed by atoms with Crippen LogP contribution in [-0.2, 0) is 19.4 Å². The molecule has 2 aromatic rings. The molecule has 0 N–H and O–H groups in total. The van der Waals surface area contributed by atoms with Crippen LogP contribution in [0.2, 0.25) is 0 Å². The van der Waals surface area contributed by atoms with Gasteiger partial charge in [0.1, 0.15) is 0 Å². The van der Waals surface area contributed by atoms with E-state index in [1.807, 2.05) is 30.3 Å². The summed E-state index contributed by atoms with van der Waals surface area (Å²) in [5, 5.41) is -1.25. The Kier molecular flexibility index (Phi) is 5.71. The second-order valence-corrected chi connectivity index (χ2v) is 7.05. The summed E-state index contributed by atoms with van der Waals surface area (Å²) in [7, 11) is -2.60. The molecule has 0 aromatic heterocycles. The molecule has 0 aliphatic rings. The third-order valence-electron chi connectivity index (χ3n) is 3.37. The standard InChI is InChI=1S/C18H18O4S/c1-22-18(19)17(14-8-11-15-9-4-2-5-10-15)23(20,21)16-12-6-3-7-13-16/h2-13,17H,14H2,1H3. The molecule has 2 rings (SSSR count). The van der Waals surface area contributed by atoms with Crippen LogP contribution in [0.5, 0.6) is 0 Å². The molecule has 23 heavy (non-hydrogen) atoms. The highest BCUT2D eigenvalue weighted by molar-refractivity contribution is 7.92. The van der Waals surface area contributed by atoms with Gasteiger partial charge in [0.15, 0.2) is 15.1 Å². The average molecular weight is 330 g/mol. The van der Waals surface area contributed by atoms with Gasteiger partial charge in [-0.2, -0.15) is 0 Å². The first-order valence-corrected chi connectivity index (χ1v) is 8.68. The highest BCUT2D eigenvalue weighted by atomic mass is 32.2. The summed E-state index contributed by atoms with van der Waals surface area (Å²) in [6.07, 6.45) is 3.52. The number of sulfone groups is 1. The highest BCUT2D eigenvalue weighted by Gasteiger charge is 2.33. The van der Waals surface area contributed by atoms with E-state index in [4.69, 9.17) is 0 Å². The maximum atomic E-state index is 12.6. The van der Waals surface area contributed by atoms with Crippen LogP contribution in [-0.4, -0.2) is 26.7 Å². The summed E-state index contributed by atoms with van der Waals surface area (Å²) in [5.41, 5.74) is 0.938. The molecule has 2 aromatic carbocycles. The SMILES string of the molecule is COC(=O)C(CC=Cc1ccccc1)S(=O)(=O)c1ccccc1. The highest BCUT2D eigenvalue weighted by Crippen LogP contribution is 2.20. The molecule has 5 heteroatoms. The van der Waals surface area contributed by atoms with Crippen molar-refractivity contribution in [3.05, 3.63) is 72.3 Å². The second kappa shape index (κ2) is 7.74. The quantitative estimate of drug-likeness (QED) is 0.764. The van der Waals surface area contributed by atoms with Crippen molar-refractivity contribution in [1.82, 2.24) is 0 Å². The molecule has 0 amide bonds.